The molecule has 0 radical (unpaired) electrons. The van der Waals surface area contributed by atoms with Gasteiger partial charge in [-0.3, -0.25) is 0 Å². The van der Waals surface area contributed by atoms with Gasteiger partial charge in [-0.15, -0.1) is 0 Å². The largest absolute Gasteiger partial charge is 0.348 e. The Balaban J connectivity index is 1.85. The normalized spacial score (nSPS) is 14.9. The number of anilines is 2. The van der Waals surface area contributed by atoms with Crippen molar-refractivity contribution in [3.05, 3.63) is 36.4 Å². The first kappa shape index (κ1) is 25.9. The molecule has 0 spiro atoms. The van der Waals surface area contributed by atoms with Crippen LogP contribution in [0.1, 0.15) is 118 Å². The zero-order valence-corrected chi connectivity index (χ0v) is 22.2. The Morgan fingerprint density at radius 2 is 1.03 bits per heavy atom. The molecule has 33 heavy (non-hydrogen) atoms. The van der Waals surface area contributed by atoms with Gasteiger partial charge in [0, 0.05) is 29.9 Å². The summed E-state index contributed by atoms with van der Waals surface area (Å²) in [5, 5.41) is 2.87. The summed E-state index contributed by atoms with van der Waals surface area (Å²) in [5.41, 5.74) is 2.99. The maximum atomic E-state index is 2.79. The van der Waals surface area contributed by atoms with Crippen molar-refractivity contribution in [2.75, 3.05) is 22.9 Å². The van der Waals surface area contributed by atoms with Crippen LogP contribution in [0.25, 0.3) is 10.8 Å². The van der Waals surface area contributed by atoms with Gasteiger partial charge < -0.3 is 9.80 Å². The maximum absolute atomic E-state index is 2.79. The molecule has 0 aromatic heterocycles. The van der Waals surface area contributed by atoms with Gasteiger partial charge in [0.25, 0.3) is 0 Å². The van der Waals surface area contributed by atoms with E-state index in [4.69, 9.17) is 0 Å². The van der Waals surface area contributed by atoms with Gasteiger partial charge in [0.15, 0.2) is 0 Å². The lowest BCUT2D eigenvalue weighted by atomic mass is 9.91. The van der Waals surface area contributed by atoms with Crippen molar-refractivity contribution in [1.82, 2.24) is 0 Å². The van der Waals surface area contributed by atoms with E-state index in [9.17, 15) is 0 Å². The van der Waals surface area contributed by atoms with Crippen LogP contribution in [-0.2, 0) is 0 Å². The van der Waals surface area contributed by atoms with Gasteiger partial charge in [-0.2, -0.15) is 0 Å². The molecule has 0 saturated carbocycles. The van der Waals surface area contributed by atoms with Crippen molar-refractivity contribution in [2.24, 2.45) is 0 Å². The topological polar surface area (TPSA) is 6.48 Å². The Labute approximate surface area is 204 Å². The third-order valence-corrected chi connectivity index (χ3v) is 7.80. The quantitative estimate of drug-likeness (QED) is 0.235. The predicted octanol–water partition coefficient (Wildman–Crippen LogP) is 9.70. The highest BCUT2D eigenvalue weighted by atomic mass is 15.4. The summed E-state index contributed by atoms with van der Waals surface area (Å²) < 4.78 is 0. The molecule has 2 aromatic rings. The van der Waals surface area contributed by atoms with Crippen LogP contribution in [0.15, 0.2) is 36.4 Å². The molecule has 0 aliphatic carbocycles. The summed E-state index contributed by atoms with van der Waals surface area (Å²) in [5.74, 6) is 0. The second-order valence-electron chi connectivity index (χ2n) is 10.5. The van der Waals surface area contributed by atoms with Crippen LogP contribution < -0.4 is 9.80 Å². The highest BCUT2D eigenvalue weighted by molar-refractivity contribution is 6.06. The molecule has 2 heteroatoms. The summed E-state index contributed by atoms with van der Waals surface area (Å²) in [7, 11) is 0. The van der Waals surface area contributed by atoms with Crippen molar-refractivity contribution < 1.29 is 0 Å². The summed E-state index contributed by atoms with van der Waals surface area (Å²) in [6, 6.07) is 13.9. The second kappa shape index (κ2) is 13.3. The average molecular weight is 451 g/mol. The van der Waals surface area contributed by atoms with Crippen LogP contribution in [-0.4, -0.2) is 18.8 Å². The van der Waals surface area contributed by atoms with Gasteiger partial charge in [0.1, 0.15) is 5.66 Å². The van der Waals surface area contributed by atoms with E-state index in [2.05, 4.69) is 73.9 Å². The molecule has 0 bridgehead atoms. The number of benzene rings is 2. The lowest BCUT2D eigenvalue weighted by Crippen LogP contribution is -2.62. The van der Waals surface area contributed by atoms with E-state index in [1.54, 1.807) is 0 Å². The molecule has 0 unspecified atom stereocenters. The molecule has 1 aliphatic heterocycles. The lowest BCUT2D eigenvalue weighted by molar-refractivity contribution is 0.352. The average Bonchev–Trinajstić information content (AvgIpc) is 2.82. The molecule has 2 aromatic carbocycles. The molecule has 0 atom stereocenters. The van der Waals surface area contributed by atoms with Crippen molar-refractivity contribution in [2.45, 2.75) is 123 Å². The maximum Gasteiger partial charge on any atom is 0.110 e. The zero-order valence-electron chi connectivity index (χ0n) is 22.2. The number of hydrogen-bond donors (Lipinski definition) is 0. The zero-order chi connectivity index (χ0) is 23.5. The van der Waals surface area contributed by atoms with E-state index in [-0.39, 0.29) is 5.66 Å². The Morgan fingerprint density at radius 1 is 0.576 bits per heavy atom. The minimum Gasteiger partial charge on any atom is -0.348 e. The molecule has 3 rings (SSSR count). The fourth-order valence-electron chi connectivity index (χ4n) is 5.98. The smallest absolute Gasteiger partial charge is 0.110 e. The molecule has 184 valence electrons. The van der Waals surface area contributed by atoms with Crippen LogP contribution in [0.5, 0.6) is 0 Å². The fraction of sp³-hybridized carbons (Fsp3) is 0.677. The monoisotopic (exact) mass is 450 g/mol. The number of hydrogen-bond acceptors (Lipinski definition) is 2. The fourth-order valence-corrected chi connectivity index (χ4v) is 5.98. The molecule has 0 amide bonds. The van der Waals surface area contributed by atoms with Gasteiger partial charge in [0.2, 0.25) is 0 Å². The first-order valence-corrected chi connectivity index (χ1v) is 14.2. The van der Waals surface area contributed by atoms with E-state index < -0.39 is 0 Å². The Hall–Kier alpha value is -1.70. The summed E-state index contributed by atoms with van der Waals surface area (Å²) >= 11 is 0. The molecule has 1 aliphatic rings. The van der Waals surface area contributed by atoms with Crippen molar-refractivity contribution >= 4 is 22.1 Å². The SMILES string of the molecule is CCCCCCCCN1c2cccc3cccc(c23)N(CCCCCCCC)C1(C)CCC. The van der Waals surface area contributed by atoms with E-state index in [1.807, 2.05) is 0 Å². The number of unbranched alkanes of at least 4 members (excludes halogenated alkanes) is 10. The Kier molecular flexibility index (Phi) is 10.4. The van der Waals surface area contributed by atoms with Crippen LogP contribution >= 0.6 is 0 Å². The third-order valence-electron chi connectivity index (χ3n) is 7.80. The van der Waals surface area contributed by atoms with Gasteiger partial charge in [0.05, 0.1) is 0 Å². The summed E-state index contributed by atoms with van der Waals surface area (Å²) in [6.45, 7) is 11.8. The van der Waals surface area contributed by atoms with Gasteiger partial charge in [-0.25, -0.2) is 0 Å². The highest BCUT2D eigenvalue weighted by Gasteiger charge is 2.41. The molecule has 1 heterocycles. The van der Waals surface area contributed by atoms with Crippen LogP contribution in [0.3, 0.4) is 0 Å². The molecule has 0 N–H and O–H groups in total. The predicted molar refractivity (Wildman–Crippen MR) is 149 cm³/mol. The van der Waals surface area contributed by atoms with E-state index in [1.165, 1.54) is 125 Å². The molecule has 2 nitrogen and oxygen atoms in total. The molecule has 0 saturated heterocycles. The first-order valence-electron chi connectivity index (χ1n) is 14.2. The van der Waals surface area contributed by atoms with Gasteiger partial charge in [-0.1, -0.05) is 116 Å². The third kappa shape index (κ3) is 6.25. The van der Waals surface area contributed by atoms with E-state index >= 15 is 0 Å². The molecular formula is C31H50N2. The minimum absolute atomic E-state index is 0.0597. The van der Waals surface area contributed by atoms with Crippen molar-refractivity contribution in [3.63, 3.8) is 0 Å². The van der Waals surface area contributed by atoms with Gasteiger partial charge >= 0.3 is 0 Å². The van der Waals surface area contributed by atoms with Crippen molar-refractivity contribution in [1.29, 1.82) is 0 Å². The van der Waals surface area contributed by atoms with Crippen molar-refractivity contribution in [3.8, 4) is 0 Å². The summed E-state index contributed by atoms with van der Waals surface area (Å²) in [4.78, 5) is 5.59. The Morgan fingerprint density at radius 3 is 1.48 bits per heavy atom. The van der Waals surface area contributed by atoms with Crippen LogP contribution in [0.2, 0.25) is 0 Å². The van der Waals surface area contributed by atoms with Gasteiger partial charge in [-0.05, 0) is 43.7 Å². The highest BCUT2D eigenvalue weighted by Crippen LogP contribution is 2.47. The number of rotatable bonds is 16. The van der Waals surface area contributed by atoms with E-state index in [0.29, 0.717) is 0 Å². The first-order chi connectivity index (χ1) is 16.2. The molecule has 0 fully saturated rings. The van der Waals surface area contributed by atoms with Crippen LogP contribution in [0, 0.1) is 0 Å². The standard InChI is InChI=1S/C31H50N2/c1-5-8-10-12-14-16-25-32-28-22-18-20-27-21-19-23-29(30(27)28)33(31(32,4)24-7-3)26-17-15-13-11-9-6-2/h18-23H,5-17,24-26H2,1-4H3. The van der Waals surface area contributed by atoms with Crippen LogP contribution in [0.4, 0.5) is 11.4 Å². The second-order valence-corrected chi connectivity index (χ2v) is 10.5. The van der Waals surface area contributed by atoms with E-state index in [0.717, 1.165) is 0 Å². The lowest BCUT2D eigenvalue weighted by Gasteiger charge is -2.55. The Bertz CT molecular complexity index is 768. The molecular weight excluding hydrogens is 400 g/mol. The summed E-state index contributed by atoms with van der Waals surface area (Å²) in [6.07, 6.45) is 18.7. The minimum atomic E-state index is 0.0597. The number of nitrogens with zero attached hydrogens (tertiary/aromatic N) is 2.